The van der Waals surface area contributed by atoms with E-state index in [-0.39, 0.29) is 6.04 Å². The topological polar surface area (TPSA) is 33.2 Å². The second-order valence-electron chi connectivity index (χ2n) is 2.70. The summed E-state index contributed by atoms with van der Waals surface area (Å²) in [4.78, 5) is 16.2. The first-order chi connectivity index (χ1) is 5.75. The molecule has 1 aromatic rings. The Bertz CT molecular complexity index is 248. The standard InChI is InChI=1S/C9H12N2O/c1-8(11(2)7-12)9-5-3-4-6-10-9/h3-8H,1-2H3. The normalized spacial score (nSPS) is 12.2. The van der Waals surface area contributed by atoms with Crippen LogP contribution in [-0.2, 0) is 4.79 Å². The van der Waals surface area contributed by atoms with Gasteiger partial charge in [0.1, 0.15) is 0 Å². The summed E-state index contributed by atoms with van der Waals surface area (Å²) in [6.45, 7) is 1.94. The predicted octanol–water partition coefficient (Wildman–Crippen LogP) is 1.23. The minimum atomic E-state index is 0.0451. The van der Waals surface area contributed by atoms with Crippen LogP contribution in [0.4, 0.5) is 0 Å². The molecule has 3 nitrogen and oxygen atoms in total. The van der Waals surface area contributed by atoms with E-state index in [9.17, 15) is 4.79 Å². The highest BCUT2D eigenvalue weighted by Crippen LogP contribution is 2.13. The molecule has 1 heterocycles. The highest BCUT2D eigenvalue weighted by Gasteiger charge is 2.09. The van der Waals surface area contributed by atoms with Crippen LogP contribution in [0.15, 0.2) is 24.4 Å². The fraction of sp³-hybridized carbons (Fsp3) is 0.333. The molecule has 0 N–H and O–H groups in total. The summed E-state index contributed by atoms with van der Waals surface area (Å²) in [5.41, 5.74) is 0.909. The van der Waals surface area contributed by atoms with Crippen molar-refractivity contribution in [1.29, 1.82) is 0 Å². The Hall–Kier alpha value is -1.38. The van der Waals surface area contributed by atoms with Gasteiger partial charge in [-0.3, -0.25) is 9.78 Å². The maximum Gasteiger partial charge on any atom is 0.210 e. The minimum absolute atomic E-state index is 0.0451. The van der Waals surface area contributed by atoms with Gasteiger partial charge in [-0.15, -0.1) is 0 Å². The Morgan fingerprint density at radius 3 is 2.83 bits per heavy atom. The Balaban J connectivity index is 2.78. The van der Waals surface area contributed by atoms with E-state index in [1.54, 1.807) is 18.1 Å². The molecule has 1 atom stereocenters. The van der Waals surface area contributed by atoms with Gasteiger partial charge in [-0.05, 0) is 19.1 Å². The average molecular weight is 164 g/mol. The second kappa shape index (κ2) is 3.85. The van der Waals surface area contributed by atoms with Gasteiger partial charge >= 0.3 is 0 Å². The van der Waals surface area contributed by atoms with Crippen LogP contribution in [0.25, 0.3) is 0 Å². The smallest absolute Gasteiger partial charge is 0.210 e. The van der Waals surface area contributed by atoms with Crippen LogP contribution >= 0.6 is 0 Å². The molecule has 64 valence electrons. The fourth-order valence-electron chi connectivity index (χ4n) is 0.923. The molecule has 0 bridgehead atoms. The SMILES string of the molecule is CC(c1ccccn1)N(C)C=O. The van der Waals surface area contributed by atoms with Crippen LogP contribution in [0.1, 0.15) is 18.7 Å². The van der Waals surface area contributed by atoms with Crippen molar-refractivity contribution in [1.82, 2.24) is 9.88 Å². The zero-order valence-corrected chi connectivity index (χ0v) is 7.27. The number of amides is 1. The molecular weight excluding hydrogens is 152 g/mol. The van der Waals surface area contributed by atoms with Gasteiger partial charge in [0.2, 0.25) is 6.41 Å². The lowest BCUT2D eigenvalue weighted by Crippen LogP contribution is -2.20. The number of hydrogen-bond acceptors (Lipinski definition) is 2. The lowest BCUT2D eigenvalue weighted by atomic mass is 10.2. The first-order valence-corrected chi connectivity index (χ1v) is 3.84. The van der Waals surface area contributed by atoms with Crippen molar-refractivity contribution in [2.75, 3.05) is 7.05 Å². The largest absolute Gasteiger partial charge is 0.340 e. The molecule has 0 fully saturated rings. The molecule has 3 heteroatoms. The molecule has 0 saturated carbocycles. The minimum Gasteiger partial charge on any atom is -0.340 e. The zero-order chi connectivity index (χ0) is 8.97. The number of nitrogens with zero attached hydrogens (tertiary/aromatic N) is 2. The number of pyridine rings is 1. The third kappa shape index (κ3) is 1.81. The Labute approximate surface area is 72.0 Å². The summed E-state index contributed by atoms with van der Waals surface area (Å²) in [6.07, 6.45) is 2.53. The molecule has 0 aliphatic rings. The van der Waals surface area contributed by atoms with E-state index in [2.05, 4.69) is 4.98 Å². The third-order valence-corrected chi connectivity index (χ3v) is 1.89. The molecule has 0 radical (unpaired) electrons. The van der Waals surface area contributed by atoms with Crippen molar-refractivity contribution in [3.8, 4) is 0 Å². The molecule has 1 amide bonds. The van der Waals surface area contributed by atoms with Gasteiger partial charge in [0.25, 0.3) is 0 Å². The van der Waals surface area contributed by atoms with Crippen LogP contribution in [0, 0.1) is 0 Å². The zero-order valence-electron chi connectivity index (χ0n) is 7.27. The van der Waals surface area contributed by atoms with E-state index in [0.717, 1.165) is 12.1 Å². The number of carbonyl (C=O) groups excluding carboxylic acids is 1. The molecule has 1 unspecified atom stereocenters. The quantitative estimate of drug-likeness (QED) is 0.629. The van der Waals surface area contributed by atoms with Gasteiger partial charge in [0.05, 0.1) is 11.7 Å². The maximum atomic E-state index is 10.4. The Kier molecular flexibility index (Phi) is 2.80. The predicted molar refractivity (Wildman–Crippen MR) is 46.5 cm³/mol. The summed E-state index contributed by atoms with van der Waals surface area (Å²) in [6, 6.07) is 5.72. The van der Waals surface area contributed by atoms with Gasteiger partial charge in [-0.25, -0.2) is 0 Å². The second-order valence-corrected chi connectivity index (χ2v) is 2.70. The van der Waals surface area contributed by atoms with Crippen molar-refractivity contribution in [3.05, 3.63) is 30.1 Å². The number of hydrogen-bond donors (Lipinski definition) is 0. The number of carbonyl (C=O) groups is 1. The summed E-state index contributed by atoms with van der Waals surface area (Å²) in [7, 11) is 1.74. The lowest BCUT2D eigenvalue weighted by molar-refractivity contribution is -0.118. The lowest BCUT2D eigenvalue weighted by Gasteiger charge is -2.18. The van der Waals surface area contributed by atoms with E-state index in [4.69, 9.17) is 0 Å². The summed E-state index contributed by atoms with van der Waals surface area (Å²) < 4.78 is 0. The highest BCUT2D eigenvalue weighted by molar-refractivity contribution is 5.47. The number of rotatable bonds is 3. The van der Waals surface area contributed by atoms with Gasteiger partial charge in [-0.2, -0.15) is 0 Å². The van der Waals surface area contributed by atoms with Crippen LogP contribution in [0.3, 0.4) is 0 Å². The van der Waals surface area contributed by atoms with Crippen LogP contribution in [-0.4, -0.2) is 23.3 Å². The maximum absolute atomic E-state index is 10.4. The molecule has 1 rings (SSSR count). The number of aromatic nitrogens is 1. The first-order valence-electron chi connectivity index (χ1n) is 3.84. The molecule has 12 heavy (non-hydrogen) atoms. The van der Waals surface area contributed by atoms with Crippen LogP contribution in [0.5, 0.6) is 0 Å². The summed E-state index contributed by atoms with van der Waals surface area (Å²) >= 11 is 0. The van der Waals surface area contributed by atoms with Crippen molar-refractivity contribution in [3.63, 3.8) is 0 Å². The molecule has 0 aliphatic carbocycles. The van der Waals surface area contributed by atoms with Crippen LogP contribution < -0.4 is 0 Å². The van der Waals surface area contributed by atoms with Crippen molar-refractivity contribution < 1.29 is 4.79 Å². The van der Waals surface area contributed by atoms with Crippen molar-refractivity contribution >= 4 is 6.41 Å². The monoisotopic (exact) mass is 164 g/mol. The van der Waals surface area contributed by atoms with Gasteiger partial charge in [0.15, 0.2) is 0 Å². The van der Waals surface area contributed by atoms with E-state index in [1.165, 1.54) is 0 Å². The first kappa shape index (κ1) is 8.71. The molecule has 0 aliphatic heterocycles. The van der Waals surface area contributed by atoms with Gasteiger partial charge in [-0.1, -0.05) is 6.07 Å². The summed E-state index contributed by atoms with van der Waals surface area (Å²) in [5.74, 6) is 0. The molecule has 1 aromatic heterocycles. The van der Waals surface area contributed by atoms with Gasteiger partial charge < -0.3 is 4.90 Å². The summed E-state index contributed by atoms with van der Waals surface area (Å²) in [5, 5.41) is 0. The fourth-order valence-corrected chi connectivity index (χ4v) is 0.923. The van der Waals surface area contributed by atoms with Crippen LogP contribution in [0.2, 0.25) is 0 Å². The molecule has 0 spiro atoms. The van der Waals surface area contributed by atoms with Crippen molar-refractivity contribution in [2.24, 2.45) is 0 Å². The van der Waals surface area contributed by atoms with E-state index >= 15 is 0 Å². The van der Waals surface area contributed by atoms with Gasteiger partial charge in [0, 0.05) is 13.2 Å². The Morgan fingerprint density at radius 2 is 2.33 bits per heavy atom. The van der Waals surface area contributed by atoms with Crippen molar-refractivity contribution in [2.45, 2.75) is 13.0 Å². The third-order valence-electron chi connectivity index (χ3n) is 1.89. The molecule has 0 aromatic carbocycles. The highest BCUT2D eigenvalue weighted by atomic mass is 16.1. The molecule has 0 saturated heterocycles. The van der Waals surface area contributed by atoms with E-state index < -0.39 is 0 Å². The average Bonchev–Trinajstić information content (AvgIpc) is 2.17. The Morgan fingerprint density at radius 1 is 1.58 bits per heavy atom. The molecular formula is C9H12N2O. The van der Waals surface area contributed by atoms with E-state index in [0.29, 0.717) is 0 Å². The van der Waals surface area contributed by atoms with E-state index in [1.807, 2.05) is 25.1 Å².